The molecule has 1 N–H and O–H groups in total. The quantitative estimate of drug-likeness (QED) is 0.271. The number of hydrazine groups is 1. The van der Waals surface area contributed by atoms with Crippen LogP contribution in [-0.4, -0.2) is 27.3 Å². The van der Waals surface area contributed by atoms with Gasteiger partial charge in [-0.05, 0) is 27.2 Å². The van der Waals surface area contributed by atoms with E-state index in [1.54, 1.807) is 0 Å². The van der Waals surface area contributed by atoms with E-state index in [1.165, 1.54) is 5.01 Å². The average molecular weight is 199 g/mol. The molecular weight excluding hydrogens is 181 g/mol. The Bertz CT molecular complexity index is 173. The molecule has 74 valence electrons. The zero-order valence-corrected chi connectivity index (χ0v) is 11.1. The molecule has 0 aromatic rings. The van der Waals surface area contributed by atoms with Crippen LogP contribution in [0.1, 0.15) is 35.5 Å². The Morgan fingerprint density at radius 3 is 2.23 bits per heavy atom. The van der Waals surface area contributed by atoms with E-state index in [4.69, 9.17) is 5.21 Å². The van der Waals surface area contributed by atoms with E-state index in [2.05, 4.69) is 5.28 Å². The third-order valence-corrected chi connectivity index (χ3v) is 1.49. The van der Waals surface area contributed by atoms with Gasteiger partial charge in [0.1, 0.15) is 0 Å². The Morgan fingerprint density at radius 1 is 1.54 bits per heavy atom. The van der Waals surface area contributed by atoms with Gasteiger partial charge in [-0.15, -0.1) is 5.01 Å². The number of hydrogen-bond acceptors (Lipinski definition) is 2. The van der Waals surface area contributed by atoms with Crippen LogP contribution in [0.3, 0.4) is 0 Å². The smallest absolute Gasteiger partial charge is 1.00 e. The first-order chi connectivity index (χ1) is 5.43. The van der Waals surface area contributed by atoms with Crippen molar-refractivity contribution in [1.82, 2.24) is 5.01 Å². The van der Waals surface area contributed by atoms with Crippen molar-refractivity contribution < 1.29 is 41.2 Å². The van der Waals surface area contributed by atoms with Crippen molar-refractivity contribution in [3.63, 3.8) is 0 Å². The maximum atomic E-state index is 11.0. The van der Waals surface area contributed by atoms with Crippen LogP contribution in [0.2, 0.25) is 0 Å². The molecule has 0 heterocycles. The van der Waals surface area contributed by atoms with Crippen LogP contribution in [-0.2, 0) is 0 Å². The summed E-state index contributed by atoms with van der Waals surface area (Å²) >= 11 is 0. The van der Waals surface area contributed by atoms with Gasteiger partial charge in [-0.25, -0.2) is 0 Å². The number of nitrogens with zero attached hydrogens (tertiary/aromatic N) is 3. The molecule has 0 aliphatic rings. The van der Waals surface area contributed by atoms with Crippen molar-refractivity contribution in [2.75, 3.05) is 6.54 Å². The third kappa shape index (κ3) is 5.33. The molecule has 5 nitrogen and oxygen atoms in total. The molecule has 6 heteroatoms. The maximum Gasteiger partial charge on any atom is 1.00 e. The molecule has 0 aliphatic carbocycles. The van der Waals surface area contributed by atoms with Gasteiger partial charge in [0.15, 0.2) is 0 Å². The minimum absolute atomic E-state index is 0. The third-order valence-electron chi connectivity index (χ3n) is 1.49. The minimum atomic E-state index is -0.315. The molecule has 0 aliphatic heterocycles. The van der Waals surface area contributed by atoms with E-state index < -0.39 is 0 Å². The van der Waals surface area contributed by atoms with Gasteiger partial charge >= 0.3 is 29.6 Å². The van der Waals surface area contributed by atoms with Gasteiger partial charge in [0, 0.05) is 0 Å². The SMILES string of the molecule is CCCN([N+]([O-])=NO)C(C)(C)C.[H-].[Na+]. The van der Waals surface area contributed by atoms with Gasteiger partial charge < -0.3 is 11.8 Å². The minimum Gasteiger partial charge on any atom is -1.00 e. The molecular formula is C7H18N3NaO2. The van der Waals surface area contributed by atoms with E-state index in [1.807, 2.05) is 27.7 Å². The Balaban J connectivity index is -0.000000605. The molecule has 0 atom stereocenters. The van der Waals surface area contributed by atoms with Gasteiger partial charge in [0.2, 0.25) is 5.28 Å². The van der Waals surface area contributed by atoms with Gasteiger partial charge in [0.25, 0.3) is 0 Å². The molecule has 0 spiro atoms. The fourth-order valence-corrected chi connectivity index (χ4v) is 0.938. The summed E-state index contributed by atoms with van der Waals surface area (Å²) in [6.45, 7) is 8.21. The summed E-state index contributed by atoms with van der Waals surface area (Å²) in [5, 5.41) is 23.3. The monoisotopic (exact) mass is 199 g/mol. The summed E-state index contributed by atoms with van der Waals surface area (Å²) in [5.41, 5.74) is -0.315. The Morgan fingerprint density at radius 2 is 2.00 bits per heavy atom. The molecule has 0 bridgehead atoms. The van der Waals surface area contributed by atoms with Gasteiger partial charge in [-0.1, -0.05) is 6.92 Å². The summed E-state index contributed by atoms with van der Waals surface area (Å²) in [6.07, 6.45) is 0.839. The summed E-state index contributed by atoms with van der Waals surface area (Å²) in [5.74, 6) is 0. The molecule has 0 rings (SSSR count). The Hall–Kier alpha value is 0. The zero-order valence-electron chi connectivity index (χ0n) is 10.1. The fraction of sp³-hybridized carbons (Fsp3) is 1.00. The van der Waals surface area contributed by atoms with Crippen LogP contribution in [0.15, 0.2) is 5.28 Å². The van der Waals surface area contributed by atoms with Crippen molar-refractivity contribution in [3.05, 3.63) is 5.21 Å². The molecule has 0 saturated carbocycles. The second-order valence-corrected chi connectivity index (χ2v) is 3.64. The van der Waals surface area contributed by atoms with Crippen LogP contribution >= 0.6 is 0 Å². The van der Waals surface area contributed by atoms with E-state index in [0.717, 1.165) is 6.42 Å². The Labute approximate surface area is 103 Å². The molecule has 0 unspecified atom stereocenters. The van der Waals surface area contributed by atoms with Crippen LogP contribution in [0.4, 0.5) is 0 Å². The summed E-state index contributed by atoms with van der Waals surface area (Å²) < 4.78 is 0. The van der Waals surface area contributed by atoms with Gasteiger partial charge in [-0.3, -0.25) is 0 Å². The van der Waals surface area contributed by atoms with Crippen molar-refractivity contribution in [2.24, 2.45) is 5.28 Å². The summed E-state index contributed by atoms with van der Waals surface area (Å²) in [7, 11) is 0. The zero-order chi connectivity index (χ0) is 9.78. The van der Waals surface area contributed by atoms with Crippen molar-refractivity contribution in [2.45, 2.75) is 39.7 Å². The summed E-state index contributed by atoms with van der Waals surface area (Å²) in [4.78, 5) is 0.226. The van der Waals surface area contributed by atoms with Gasteiger partial charge in [-0.2, -0.15) is 0 Å². The van der Waals surface area contributed by atoms with Crippen LogP contribution in [0.25, 0.3) is 0 Å². The molecule has 0 aromatic heterocycles. The first-order valence-corrected chi connectivity index (χ1v) is 4.03. The fourth-order valence-electron chi connectivity index (χ4n) is 0.938. The van der Waals surface area contributed by atoms with E-state index in [9.17, 15) is 5.21 Å². The second kappa shape index (κ2) is 6.45. The van der Waals surface area contributed by atoms with Crippen molar-refractivity contribution in [3.8, 4) is 0 Å². The van der Waals surface area contributed by atoms with E-state index in [-0.39, 0.29) is 41.5 Å². The predicted octanol–water partition coefficient (Wildman–Crippen LogP) is -1.12. The van der Waals surface area contributed by atoms with Crippen LogP contribution in [0.5, 0.6) is 0 Å². The van der Waals surface area contributed by atoms with Crippen LogP contribution in [0, 0.1) is 5.21 Å². The number of rotatable bonds is 3. The molecule has 0 radical (unpaired) electrons. The topological polar surface area (TPSA) is 61.9 Å². The summed E-state index contributed by atoms with van der Waals surface area (Å²) in [6, 6.07) is 0. The molecule has 0 fully saturated rings. The standard InChI is InChI=1S/C7H17N3O2.Na.H/c1-5-6-9(7(2,3)4)10(12)8-11;;/h11H,5-6H2,1-4H3;;/q;+1;-1. The Kier molecular flexibility index (Phi) is 7.68. The van der Waals surface area contributed by atoms with Crippen molar-refractivity contribution >= 4 is 0 Å². The predicted molar refractivity (Wildman–Crippen MR) is 45.7 cm³/mol. The van der Waals surface area contributed by atoms with Gasteiger partial charge in [0.05, 0.1) is 17.1 Å². The molecule has 0 amide bonds. The largest absolute Gasteiger partial charge is 1.00 e. The molecule has 0 aromatic carbocycles. The molecule has 13 heavy (non-hydrogen) atoms. The van der Waals surface area contributed by atoms with E-state index >= 15 is 0 Å². The normalized spacial score (nSPS) is 12.2. The number of hydrogen-bond donors (Lipinski definition) is 1. The molecule has 0 saturated heterocycles. The van der Waals surface area contributed by atoms with Crippen molar-refractivity contribution in [1.29, 1.82) is 0 Å². The maximum absolute atomic E-state index is 11.0. The van der Waals surface area contributed by atoms with E-state index in [0.29, 0.717) is 6.54 Å². The first kappa shape index (κ1) is 15.5. The second-order valence-electron chi connectivity index (χ2n) is 3.64. The van der Waals surface area contributed by atoms with Crippen LogP contribution < -0.4 is 29.6 Å². The average Bonchev–Trinajstić information content (AvgIpc) is 1.96. The first-order valence-electron chi connectivity index (χ1n) is 4.03.